The van der Waals surface area contributed by atoms with Crippen LogP contribution in [0.5, 0.6) is 0 Å². The van der Waals surface area contributed by atoms with Crippen molar-refractivity contribution in [3.63, 3.8) is 0 Å². The van der Waals surface area contributed by atoms with Crippen LogP contribution in [0, 0.1) is 0 Å². The van der Waals surface area contributed by atoms with Crippen LogP contribution in [-0.4, -0.2) is 46.0 Å². The fourth-order valence-electron chi connectivity index (χ4n) is 1.66. The van der Waals surface area contributed by atoms with Crippen LogP contribution < -0.4 is 10.6 Å². The zero-order valence-corrected chi connectivity index (χ0v) is 11.3. The molecule has 17 heavy (non-hydrogen) atoms. The molecule has 0 unspecified atom stereocenters. The van der Waals surface area contributed by atoms with Gasteiger partial charge in [0.05, 0.1) is 5.75 Å². The number of nitrogens with one attached hydrogen (secondary N) is 2. The SMILES string of the molecule is CN=C(NCCCS(C)(=O)=O)NC1CC=CC1. The van der Waals surface area contributed by atoms with E-state index in [4.69, 9.17) is 0 Å². The van der Waals surface area contributed by atoms with Crippen LogP contribution in [0.1, 0.15) is 19.3 Å². The molecule has 0 aromatic heterocycles. The van der Waals surface area contributed by atoms with Crippen molar-refractivity contribution in [2.24, 2.45) is 4.99 Å². The lowest BCUT2D eigenvalue weighted by Gasteiger charge is -2.16. The average Bonchev–Trinajstić information content (AvgIpc) is 2.73. The summed E-state index contributed by atoms with van der Waals surface area (Å²) in [6.07, 6.45) is 8.18. The molecule has 0 aromatic rings. The van der Waals surface area contributed by atoms with Gasteiger partial charge in [0.2, 0.25) is 0 Å². The first kappa shape index (κ1) is 14.0. The van der Waals surface area contributed by atoms with Crippen LogP contribution in [0.15, 0.2) is 17.1 Å². The summed E-state index contributed by atoms with van der Waals surface area (Å²) < 4.78 is 21.9. The Hall–Kier alpha value is -1.04. The molecule has 1 aliphatic rings. The molecule has 0 saturated heterocycles. The fraction of sp³-hybridized carbons (Fsp3) is 0.727. The van der Waals surface area contributed by atoms with Gasteiger partial charge in [0, 0.05) is 25.9 Å². The Kier molecular flexibility index (Phi) is 5.47. The van der Waals surface area contributed by atoms with Crippen molar-refractivity contribution in [2.75, 3.05) is 25.6 Å². The summed E-state index contributed by atoms with van der Waals surface area (Å²) in [6, 6.07) is 0.413. The maximum absolute atomic E-state index is 10.9. The van der Waals surface area contributed by atoms with Crippen LogP contribution in [0.3, 0.4) is 0 Å². The molecule has 0 spiro atoms. The van der Waals surface area contributed by atoms with Crippen molar-refractivity contribution >= 4 is 15.8 Å². The topological polar surface area (TPSA) is 70.6 Å². The van der Waals surface area contributed by atoms with Gasteiger partial charge < -0.3 is 10.6 Å². The van der Waals surface area contributed by atoms with E-state index in [9.17, 15) is 8.42 Å². The zero-order valence-electron chi connectivity index (χ0n) is 10.4. The predicted octanol–water partition coefficient (Wildman–Crippen LogP) is 0.305. The molecular formula is C11H21N3O2S. The highest BCUT2D eigenvalue weighted by atomic mass is 32.2. The van der Waals surface area contributed by atoms with Gasteiger partial charge in [-0.2, -0.15) is 0 Å². The molecule has 0 bridgehead atoms. The molecule has 0 heterocycles. The second kappa shape index (κ2) is 6.64. The summed E-state index contributed by atoms with van der Waals surface area (Å²) in [4.78, 5) is 4.10. The van der Waals surface area contributed by atoms with E-state index in [1.807, 2.05) is 0 Å². The molecule has 0 atom stereocenters. The second-order valence-corrected chi connectivity index (χ2v) is 6.53. The Morgan fingerprint density at radius 1 is 1.41 bits per heavy atom. The minimum Gasteiger partial charge on any atom is -0.356 e. The molecule has 0 saturated carbocycles. The van der Waals surface area contributed by atoms with Gasteiger partial charge in [-0.25, -0.2) is 8.42 Å². The van der Waals surface area contributed by atoms with E-state index in [0.717, 1.165) is 18.8 Å². The lowest BCUT2D eigenvalue weighted by atomic mass is 10.2. The molecule has 6 heteroatoms. The highest BCUT2D eigenvalue weighted by molar-refractivity contribution is 7.90. The van der Waals surface area contributed by atoms with E-state index < -0.39 is 9.84 Å². The first-order valence-electron chi connectivity index (χ1n) is 5.81. The number of rotatable bonds is 5. The number of aliphatic imine (C=N–C) groups is 1. The first-order valence-corrected chi connectivity index (χ1v) is 7.87. The van der Waals surface area contributed by atoms with Gasteiger partial charge in [0.25, 0.3) is 0 Å². The van der Waals surface area contributed by atoms with Crippen LogP contribution >= 0.6 is 0 Å². The fourth-order valence-corrected chi connectivity index (χ4v) is 2.33. The summed E-state index contributed by atoms with van der Waals surface area (Å²) in [5.74, 6) is 0.953. The summed E-state index contributed by atoms with van der Waals surface area (Å²) in [7, 11) is -1.14. The van der Waals surface area contributed by atoms with E-state index in [-0.39, 0.29) is 5.75 Å². The third kappa shape index (κ3) is 6.31. The number of sulfone groups is 1. The lowest BCUT2D eigenvalue weighted by molar-refractivity contribution is 0.597. The minimum absolute atomic E-state index is 0.210. The Balaban J connectivity index is 2.19. The Labute approximate surface area is 103 Å². The molecule has 0 aromatic carbocycles. The third-order valence-electron chi connectivity index (χ3n) is 2.56. The summed E-state index contributed by atoms with van der Waals surface area (Å²) in [5.41, 5.74) is 0. The van der Waals surface area contributed by atoms with E-state index in [2.05, 4.69) is 27.8 Å². The van der Waals surface area contributed by atoms with Gasteiger partial charge in [-0.3, -0.25) is 4.99 Å². The summed E-state index contributed by atoms with van der Waals surface area (Å²) in [5, 5.41) is 6.41. The number of hydrogen-bond acceptors (Lipinski definition) is 3. The quantitative estimate of drug-likeness (QED) is 0.322. The van der Waals surface area contributed by atoms with Crippen LogP contribution in [0.2, 0.25) is 0 Å². The Morgan fingerprint density at radius 3 is 2.59 bits per heavy atom. The van der Waals surface area contributed by atoms with Gasteiger partial charge in [0.1, 0.15) is 9.84 Å². The average molecular weight is 259 g/mol. The molecule has 98 valence electrons. The van der Waals surface area contributed by atoms with E-state index >= 15 is 0 Å². The molecule has 0 amide bonds. The smallest absolute Gasteiger partial charge is 0.191 e. The molecular weight excluding hydrogens is 238 g/mol. The van der Waals surface area contributed by atoms with Crippen molar-refractivity contribution in [3.8, 4) is 0 Å². The van der Waals surface area contributed by atoms with Gasteiger partial charge in [0.15, 0.2) is 5.96 Å². The van der Waals surface area contributed by atoms with Gasteiger partial charge >= 0.3 is 0 Å². The van der Waals surface area contributed by atoms with E-state index in [1.54, 1.807) is 7.05 Å². The van der Waals surface area contributed by atoms with Crippen LogP contribution in [0.4, 0.5) is 0 Å². The zero-order chi connectivity index (χ0) is 12.7. The molecule has 0 radical (unpaired) electrons. The Morgan fingerprint density at radius 2 is 2.06 bits per heavy atom. The molecule has 5 nitrogen and oxygen atoms in total. The van der Waals surface area contributed by atoms with Gasteiger partial charge in [-0.1, -0.05) is 12.2 Å². The highest BCUT2D eigenvalue weighted by Gasteiger charge is 2.11. The van der Waals surface area contributed by atoms with Crippen LogP contribution in [0.25, 0.3) is 0 Å². The van der Waals surface area contributed by atoms with Crippen molar-refractivity contribution in [1.82, 2.24) is 10.6 Å². The maximum Gasteiger partial charge on any atom is 0.191 e. The number of nitrogens with zero attached hydrogens (tertiary/aromatic N) is 1. The first-order chi connectivity index (χ1) is 8.01. The predicted molar refractivity (Wildman–Crippen MR) is 71.0 cm³/mol. The molecule has 1 aliphatic carbocycles. The Bertz CT molecular complexity index is 380. The van der Waals surface area contributed by atoms with E-state index in [0.29, 0.717) is 19.0 Å². The highest BCUT2D eigenvalue weighted by Crippen LogP contribution is 2.08. The van der Waals surface area contributed by atoms with Crippen molar-refractivity contribution in [2.45, 2.75) is 25.3 Å². The molecule has 1 rings (SSSR count). The monoisotopic (exact) mass is 259 g/mol. The van der Waals surface area contributed by atoms with Crippen molar-refractivity contribution in [1.29, 1.82) is 0 Å². The number of guanidine groups is 1. The van der Waals surface area contributed by atoms with Crippen molar-refractivity contribution in [3.05, 3.63) is 12.2 Å². The normalized spacial score (nSPS) is 17.4. The molecule has 2 N–H and O–H groups in total. The molecule has 0 aliphatic heterocycles. The van der Waals surface area contributed by atoms with Crippen molar-refractivity contribution < 1.29 is 8.42 Å². The molecule has 0 fully saturated rings. The second-order valence-electron chi connectivity index (χ2n) is 4.27. The van der Waals surface area contributed by atoms with Crippen LogP contribution in [-0.2, 0) is 9.84 Å². The van der Waals surface area contributed by atoms with Gasteiger partial charge in [-0.05, 0) is 19.3 Å². The summed E-state index contributed by atoms with van der Waals surface area (Å²) in [6.45, 7) is 0.618. The maximum atomic E-state index is 10.9. The number of hydrogen-bond donors (Lipinski definition) is 2. The lowest BCUT2D eigenvalue weighted by Crippen LogP contribution is -2.43. The summed E-state index contributed by atoms with van der Waals surface area (Å²) >= 11 is 0. The minimum atomic E-state index is -2.86. The third-order valence-corrected chi connectivity index (χ3v) is 3.59. The van der Waals surface area contributed by atoms with Gasteiger partial charge in [-0.15, -0.1) is 0 Å². The standard InChI is InChI=1S/C11H21N3O2S/c1-12-11(14-10-6-3-4-7-10)13-8-5-9-17(2,15)16/h3-4,10H,5-9H2,1-2H3,(H2,12,13,14). The van der Waals surface area contributed by atoms with E-state index in [1.165, 1.54) is 6.26 Å². The largest absolute Gasteiger partial charge is 0.356 e.